The summed E-state index contributed by atoms with van der Waals surface area (Å²) in [5.74, 6) is -0.255. The summed E-state index contributed by atoms with van der Waals surface area (Å²) >= 11 is 0. The van der Waals surface area contributed by atoms with E-state index in [1.807, 2.05) is 0 Å². The number of aldehydes is 1. The maximum Gasteiger partial charge on any atom is 0.150 e. The number of halogens is 1. The van der Waals surface area contributed by atoms with E-state index in [4.69, 9.17) is 0 Å². The Morgan fingerprint density at radius 2 is 1.83 bits per heavy atom. The molecule has 5 heteroatoms. The molecular formula is C7H11FO3S. The SMILES string of the molecule is O=CCC1(F)CCS(=O)(=O)CC1. The predicted molar refractivity (Wildman–Crippen MR) is 42.4 cm³/mol. The standard InChI is InChI=1S/C7H11FO3S/c8-7(1-4-9)2-5-12(10,11)6-3-7/h4H,1-3,5-6H2. The summed E-state index contributed by atoms with van der Waals surface area (Å²) < 4.78 is 35.2. The summed E-state index contributed by atoms with van der Waals surface area (Å²) in [4.78, 5) is 10.1. The van der Waals surface area contributed by atoms with Crippen molar-refractivity contribution in [1.29, 1.82) is 0 Å². The monoisotopic (exact) mass is 194 g/mol. The van der Waals surface area contributed by atoms with Gasteiger partial charge in [0.15, 0.2) is 9.84 Å². The molecule has 1 heterocycles. The van der Waals surface area contributed by atoms with Gasteiger partial charge in [0.2, 0.25) is 0 Å². The number of sulfone groups is 1. The molecule has 70 valence electrons. The molecule has 0 unspecified atom stereocenters. The van der Waals surface area contributed by atoms with Gasteiger partial charge in [-0.1, -0.05) is 0 Å². The number of hydrogen-bond donors (Lipinski definition) is 0. The van der Waals surface area contributed by atoms with Crippen LogP contribution in [0.4, 0.5) is 4.39 Å². The van der Waals surface area contributed by atoms with Crippen LogP contribution in [0.5, 0.6) is 0 Å². The van der Waals surface area contributed by atoms with Crippen molar-refractivity contribution in [2.45, 2.75) is 24.9 Å². The molecule has 0 aromatic rings. The van der Waals surface area contributed by atoms with Crippen molar-refractivity contribution in [2.75, 3.05) is 11.5 Å². The highest BCUT2D eigenvalue weighted by Gasteiger charge is 2.36. The van der Waals surface area contributed by atoms with E-state index in [1.165, 1.54) is 0 Å². The number of alkyl halides is 1. The molecule has 0 N–H and O–H groups in total. The molecule has 1 aliphatic rings. The second kappa shape index (κ2) is 3.12. The molecule has 0 bridgehead atoms. The zero-order valence-corrected chi connectivity index (χ0v) is 7.44. The van der Waals surface area contributed by atoms with Crippen molar-refractivity contribution in [1.82, 2.24) is 0 Å². The van der Waals surface area contributed by atoms with E-state index < -0.39 is 15.5 Å². The van der Waals surface area contributed by atoms with Crippen molar-refractivity contribution in [3.63, 3.8) is 0 Å². The minimum atomic E-state index is -3.03. The Balaban J connectivity index is 2.61. The highest BCUT2D eigenvalue weighted by atomic mass is 32.2. The lowest BCUT2D eigenvalue weighted by atomic mass is 9.96. The minimum absolute atomic E-state index is 0.0337. The summed E-state index contributed by atoms with van der Waals surface area (Å²) in [6, 6.07) is 0. The average molecular weight is 194 g/mol. The van der Waals surface area contributed by atoms with Crippen LogP contribution in [-0.4, -0.2) is 31.9 Å². The highest BCUT2D eigenvalue weighted by molar-refractivity contribution is 7.91. The van der Waals surface area contributed by atoms with Gasteiger partial charge < -0.3 is 4.79 Å². The Bertz CT molecular complexity index is 256. The van der Waals surface area contributed by atoms with E-state index in [0.29, 0.717) is 6.29 Å². The normalized spacial score (nSPS) is 26.4. The zero-order valence-electron chi connectivity index (χ0n) is 6.62. The van der Waals surface area contributed by atoms with Crippen LogP contribution in [0, 0.1) is 0 Å². The third-order valence-electron chi connectivity index (χ3n) is 2.17. The second-order valence-electron chi connectivity index (χ2n) is 3.17. The van der Waals surface area contributed by atoms with Gasteiger partial charge in [-0.25, -0.2) is 12.8 Å². The number of rotatable bonds is 2. The van der Waals surface area contributed by atoms with E-state index in [-0.39, 0.29) is 30.8 Å². The van der Waals surface area contributed by atoms with Crippen LogP contribution in [0.25, 0.3) is 0 Å². The molecule has 1 rings (SSSR count). The summed E-state index contributed by atoms with van der Waals surface area (Å²) in [6.07, 6.45) is 0.266. The van der Waals surface area contributed by atoms with Gasteiger partial charge in [0.1, 0.15) is 12.0 Å². The molecule has 0 aromatic carbocycles. The molecular weight excluding hydrogens is 183 g/mol. The van der Waals surface area contributed by atoms with Crippen molar-refractivity contribution in [3.8, 4) is 0 Å². The largest absolute Gasteiger partial charge is 0.303 e. The van der Waals surface area contributed by atoms with Crippen LogP contribution in [-0.2, 0) is 14.6 Å². The Kier molecular flexibility index (Phi) is 2.51. The Labute approximate surface area is 70.9 Å². The molecule has 0 spiro atoms. The third-order valence-corrected chi connectivity index (χ3v) is 3.82. The number of carbonyl (C=O) groups excluding carboxylic acids is 1. The van der Waals surface area contributed by atoms with Crippen LogP contribution in [0.2, 0.25) is 0 Å². The molecule has 1 aliphatic heterocycles. The predicted octanol–water partition coefficient (Wildman–Crippen LogP) is 0.492. The van der Waals surface area contributed by atoms with Crippen molar-refractivity contribution >= 4 is 16.1 Å². The quantitative estimate of drug-likeness (QED) is 0.601. The first kappa shape index (κ1) is 9.64. The van der Waals surface area contributed by atoms with Crippen molar-refractivity contribution in [3.05, 3.63) is 0 Å². The summed E-state index contributed by atoms with van der Waals surface area (Å²) in [5, 5.41) is 0. The fraction of sp³-hybridized carbons (Fsp3) is 0.857. The van der Waals surface area contributed by atoms with E-state index >= 15 is 0 Å². The summed E-state index contributed by atoms with van der Waals surface area (Å²) in [5.41, 5.74) is -1.56. The molecule has 0 aliphatic carbocycles. The van der Waals surface area contributed by atoms with E-state index in [0.717, 1.165) is 0 Å². The molecule has 1 fully saturated rings. The smallest absolute Gasteiger partial charge is 0.150 e. The van der Waals surface area contributed by atoms with Crippen LogP contribution < -0.4 is 0 Å². The van der Waals surface area contributed by atoms with E-state index in [9.17, 15) is 17.6 Å². The van der Waals surface area contributed by atoms with Crippen molar-refractivity contribution < 1.29 is 17.6 Å². The van der Waals surface area contributed by atoms with Crippen molar-refractivity contribution in [2.24, 2.45) is 0 Å². The minimum Gasteiger partial charge on any atom is -0.303 e. The van der Waals surface area contributed by atoms with Crippen LogP contribution >= 0.6 is 0 Å². The van der Waals surface area contributed by atoms with Crippen LogP contribution in [0.3, 0.4) is 0 Å². The molecule has 12 heavy (non-hydrogen) atoms. The van der Waals surface area contributed by atoms with Gasteiger partial charge in [-0.2, -0.15) is 0 Å². The molecule has 0 radical (unpaired) electrons. The zero-order chi connectivity index (χ0) is 9.24. The lowest BCUT2D eigenvalue weighted by Gasteiger charge is -2.27. The lowest BCUT2D eigenvalue weighted by Crippen LogP contribution is -2.35. The second-order valence-corrected chi connectivity index (χ2v) is 5.48. The molecule has 3 nitrogen and oxygen atoms in total. The van der Waals surface area contributed by atoms with Crippen LogP contribution in [0.1, 0.15) is 19.3 Å². The van der Waals surface area contributed by atoms with Gasteiger partial charge in [-0.15, -0.1) is 0 Å². The van der Waals surface area contributed by atoms with Gasteiger partial charge in [0.05, 0.1) is 11.5 Å². The van der Waals surface area contributed by atoms with Gasteiger partial charge in [-0.05, 0) is 12.8 Å². The topological polar surface area (TPSA) is 51.2 Å². The fourth-order valence-electron chi connectivity index (χ4n) is 1.26. The number of hydrogen-bond acceptors (Lipinski definition) is 3. The molecule has 0 atom stereocenters. The maximum atomic E-state index is 13.4. The van der Waals surface area contributed by atoms with E-state index in [1.54, 1.807) is 0 Å². The van der Waals surface area contributed by atoms with Gasteiger partial charge in [0.25, 0.3) is 0 Å². The molecule has 1 saturated heterocycles. The van der Waals surface area contributed by atoms with Gasteiger partial charge in [0, 0.05) is 6.42 Å². The lowest BCUT2D eigenvalue weighted by molar-refractivity contribution is -0.110. The van der Waals surface area contributed by atoms with Crippen LogP contribution in [0.15, 0.2) is 0 Å². The third kappa shape index (κ3) is 2.27. The first-order valence-electron chi connectivity index (χ1n) is 3.80. The van der Waals surface area contributed by atoms with E-state index in [2.05, 4.69) is 0 Å². The number of carbonyl (C=O) groups is 1. The summed E-state index contributed by atoms with van der Waals surface area (Å²) in [7, 11) is -3.03. The fourth-order valence-corrected chi connectivity index (χ4v) is 2.82. The first-order chi connectivity index (χ1) is 5.47. The molecule has 0 amide bonds. The average Bonchev–Trinajstić information content (AvgIpc) is 1.98. The van der Waals surface area contributed by atoms with Gasteiger partial charge in [-0.3, -0.25) is 0 Å². The van der Waals surface area contributed by atoms with Gasteiger partial charge >= 0.3 is 0 Å². The summed E-state index contributed by atoms with van der Waals surface area (Å²) in [6.45, 7) is 0. The Morgan fingerprint density at radius 3 is 2.25 bits per heavy atom. The Hall–Kier alpha value is -0.450. The first-order valence-corrected chi connectivity index (χ1v) is 5.63. The molecule has 0 saturated carbocycles. The highest BCUT2D eigenvalue weighted by Crippen LogP contribution is 2.29. The maximum absolute atomic E-state index is 13.4. The molecule has 0 aromatic heterocycles. The Morgan fingerprint density at radius 1 is 1.33 bits per heavy atom.